The molecule has 5 aromatic rings. The Hall–Kier alpha value is -3.75. The van der Waals surface area contributed by atoms with Crippen LogP contribution in [0.3, 0.4) is 0 Å². The molecule has 0 N–H and O–H groups in total. The van der Waals surface area contributed by atoms with Crippen LogP contribution in [0.15, 0.2) is 154 Å². The van der Waals surface area contributed by atoms with E-state index in [4.69, 9.17) is 0 Å². The van der Waals surface area contributed by atoms with Crippen molar-refractivity contribution in [3.8, 4) is 0 Å². The third-order valence-corrected chi connectivity index (χ3v) is 8.53. The molecular weight excluding hydrogens is 454 g/mol. The summed E-state index contributed by atoms with van der Waals surface area (Å²) in [5, 5.41) is 0. The SMILES string of the molecule is CC(C)(C)c1ccc(N(c2ccccc2)c2ccc([S+](c3ccccc3)c3ccccc3)cc2)cc1. The lowest BCUT2D eigenvalue weighted by Gasteiger charge is -2.27. The molecule has 0 saturated heterocycles. The monoisotopic (exact) mass is 486 g/mol. The summed E-state index contributed by atoms with van der Waals surface area (Å²) in [4.78, 5) is 6.30. The lowest BCUT2D eigenvalue weighted by atomic mass is 9.87. The van der Waals surface area contributed by atoms with Crippen LogP contribution in [0.5, 0.6) is 0 Å². The zero-order valence-electron chi connectivity index (χ0n) is 21.1. The van der Waals surface area contributed by atoms with Gasteiger partial charge in [0.05, 0.1) is 10.9 Å². The summed E-state index contributed by atoms with van der Waals surface area (Å²) >= 11 is 0. The van der Waals surface area contributed by atoms with Crippen LogP contribution in [0.2, 0.25) is 0 Å². The third kappa shape index (κ3) is 5.24. The van der Waals surface area contributed by atoms with Gasteiger partial charge in [-0.15, -0.1) is 0 Å². The number of benzene rings is 5. The van der Waals surface area contributed by atoms with Crippen molar-refractivity contribution in [3.05, 3.63) is 145 Å². The van der Waals surface area contributed by atoms with Crippen LogP contribution < -0.4 is 4.90 Å². The van der Waals surface area contributed by atoms with E-state index < -0.39 is 0 Å². The Balaban J connectivity index is 1.55. The minimum absolute atomic E-state index is 0.128. The Kier molecular flexibility index (Phi) is 6.97. The van der Waals surface area contributed by atoms with E-state index in [-0.39, 0.29) is 16.3 Å². The van der Waals surface area contributed by atoms with Gasteiger partial charge in [-0.2, -0.15) is 0 Å². The van der Waals surface area contributed by atoms with Crippen LogP contribution >= 0.6 is 0 Å². The Morgan fingerprint density at radius 2 is 0.778 bits per heavy atom. The second-order valence-corrected chi connectivity index (χ2v) is 11.9. The second kappa shape index (κ2) is 10.5. The van der Waals surface area contributed by atoms with E-state index in [1.54, 1.807) is 0 Å². The molecule has 0 aliphatic heterocycles. The number of hydrogen-bond acceptors (Lipinski definition) is 1. The Labute approximate surface area is 218 Å². The van der Waals surface area contributed by atoms with Gasteiger partial charge >= 0.3 is 0 Å². The average molecular weight is 487 g/mol. The smallest absolute Gasteiger partial charge is 0.166 e. The number of hydrogen-bond donors (Lipinski definition) is 0. The van der Waals surface area contributed by atoms with Gasteiger partial charge in [0.2, 0.25) is 0 Å². The normalized spacial score (nSPS) is 11.4. The van der Waals surface area contributed by atoms with E-state index in [2.05, 4.69) is 165 Å². The average Bonchev–Trinajstić information content (AvgIpc) is 2.92. The standard InChI is InChI=1S/C34H32NS/c1-34(2,3)27-19-21-29(22-20-27)35(28-13-7-4-8-14-28)30-23-25-33(26-24-30)36(31-15-9-5-10-16-31)32-17-11-6-12-18-32/h4-26H,1-3H3/q+1. The molecular formula is C34H32NS+. The van der Waals surface area contributed by atoms with Crippen LogP contribution in [-0.4, -0.2) is 0 Å². The highest BCUT2D eigenvalue weighted by Crippen LogP contribution is 2.38. The molecule has 178 valence electrons. The summed E-state index contributed by atoms with van der Waals surface area (Å²) < 4.78 is 0. The number of para-hydroxylation sites is 1. The number of anilines is 3. The zero-order chi connectivity index (χ0) is 25.0. The summed E-state index contributed by atoms with van der Waals surface area (Å²) in [5.74, 6) is 0. The van der Waals surface area contributed by atoms with Crippen LogP contribution in [0, 0.1) is 0 Å². The van der Waals surface area contributed by atoms with Crippen molar-refractivity contribution < 1.29 is 0 Å². The van der Waals surface area contributed by atoms with E-state index in [0.29, 0.717) is 0 Å². The summed E-state index contributed by atoms with van der Waals surface area (Å²) in [7, 11) is -0.157. The topological polar surface area (TPSA) is 3.24 Å². The Morgan fingerprint density at radius 1 is 0.417 bits per heavy atom. The van der Waals surface area contributed by atoms with Crippen molar-refractivity contribution in [3.63, 3.8) is 0 Å². The van der Waals surface area contributed by atoms with Gasteiger partial charge in [0, 0.05) is 17.1 Å². The molecule has 5 aromatic carbocycles. The fraction of sp³-hybridized carbons (Fsp3) is 0.118. The highest BCUT2D eigenvalue weighted by Gasteiger charge is 2.28. The predicted octanol–water partition coefficient (Wildman–Crippen LogP) is 9.55. The second-order valence-electron chi connectivity index (χ2n) is 9.89. The molecule has 0 atom stereocenters. The number of rotatable bonds is 6. The molecule has 2 heteroatoms. The fourth-order valence-electron chi connectivity index (χ4n) is 4.39. The van der Waals surface area contributed by atoms with Crippen molar-refractivity contribution in [2.75, 3.05) is 4.90 Å². The molecule has 0 aliphatic rings. The van der Waals surface area contributed by atoms with E-state index >= 15 is 0 Å². The predicted molar refractivity (Wildman–Crippen MR) is 155 cm³/mol. The van der Waals surface area contributed by atoms with Gasteiger partial charge < -0.3 is 4.90 Å². The van der Waals surface area contributed by atoms with Crippen LogP contribution in [0.4, 0.5) is 17.1 Å². The molecule has 5 rings (SSSR count). The van der Waals surface area contributed by atoms with Crippen molar-refractivity contribution in [2.24, 2.45) is 0 Å². The van der Waals surface area contributed by atoms with Crippen molar-refractivity contribution in [1.29, 1.82) is 0 Å². The molecule has 0 aromatic heterocycles. The first kappa shape index (κ1) is 24.0. The van der Waals surface area contributed by atoms with E-state index in [9.17, 15) is 0 Å². The molecule has 0 amide bonds. The third-order valence-electron chi connectivity index (χ3n) is 6.29. The lowest BCUT2D eigenvalue weighted by molar-refractivity contribution is 0.590. The van der Waals surface area contributed by atoms with Crippen LogP contribution in [0.1, 0.15) is 26.3 Å². The van der Waals surface area contributed by atoms with Gasteiger partial charge in [-0.3, -0.25) is 0 Å². The minimum atomic E-state index is -0.157. The molecule has 0 spiro atoms. The molecule has 1 nitrogen and oxygen atoms in total. The molecule has 0 unspecified atom stereocenters. The quantitative estimate of drug-likeness (QED) is 0.216. The van der Waals surface area contributed by atoms with E-state index in [1.807, 2.05) is 0 Å². The summed E-state index contributed by atoms with van der Waals surface area (Å²) in [5.41, 5.74) is 4.93. The molecule has 0 bridgehead atoms. The molecule has 0 radical (unpaired) electrons. The van der Waals surface area contributed by atoms with Gasteiger partial charge in [0.15, 0.2) is 14.7 Å². The fourth-order valence-corrected chi connectivity index (χ4v) is 6.47. The minimum Gasteiger partial charge on any atom is -0.310 e. The van der Waals surface area contributed by atoms with Gasteiger partial charge in [-0.1, -0.05) is 87.5 Å². The number of nitrogens with zero attached hydrogens (tertiary/aromatic N) is 1. The van der Waals surface area contributed by atoms with Gasteiger partial charge in [0.25, 0.3) is 0 Å². The highest BCUT2D eigenvalue weighted by molar-refractivity contribution is 7.97. The Morgan fingerprint density at radius 3 is 1.22 bits per heavy atom. The maximum Gasteiger partial charge on any atom is 0.166 e. The first-order chi connectivity index (χ1) is 17.5. The highest BCUT2D eigenvalue weighted by atomic mass is 32.2. The molecule has 0 fully saturated rings. The molecule has 36 heavy (non-hydrogen) atoms. The maximum atomic E-state index is 2.33. The van der Waals surface area contributed by atoms with Crippen LogP contribution in [-0.2, 0) is 16.3 Å². The van der Waals surface area contributed by atoms with Crippen molar-refractivity contribution >= 4 is 28.0 Å². The summed E-state index contributed by atoms with van der Waals surface area (Å²) in [6.07, 6.45) is 0. The largest absolute Gasteiger partial charge is 0.310 e. The Bertz CT molecular complexity index is 1330. The van der Waals surface area contributed by atoms with Gasteiger partial charge in [-0.25, -0.2) is 0 Å². The summed E-state index contributed by atoms with van der Waals surface area (Å²) in [6, 6.07) is 50.3. The van der Waals surface area contributed by atoms with Gasteiger partial charge in [0.1, 0.15) is 0 Å². The first-order valence-corrected chi connectivity index (χ1v) is 13.6. The van der Waals surface area contributed by atoms with Gasteiger partial charge in [-0.05, 0) is 83.8 Å². The summed E-state index contributed by atoms with van der Waals surface area (Å²) in [6.45, 7) is 6.77. The molecule has 0 saturated carbocycles. The first-order valence-electron chi connectivity index (χ1n) is 12.4. The van der Waals surface area contributed by atoms with E-state index in [0.717, 1.165) is 17.1 Å². The van der Waals surface area contributed by atoms with Crippen molar-refractivity contribution in [1.82, 2.24) is 0 Å². The lowest BCUT2D eigenvalue weighted by Crippen LogP contribution is -2.13. The van der Waals surface area contributed by atoms with E-state index in [1.165, 1.54) is 20.2 Å². The van der Waals surface area contributed by atoms with Crippen molar-refractivity contribution in [2.45, 2.75) is 40.9 Å². The molecule has 0 heterocycles. The molecule has 0 aliphatic carbocycles. The zero-order valence-corrected chi connectivity index (χ0v) is 22.0. The maximum absolute atomic E-state index is 2.33. The van der Waals surface area contributed by atoms with Crippen LogP contribution in [0.25, 0.3) is 0 Å².